The Morgan fingerprint density at radius 3 is 2.00 bits per heavy atom. The molecule has 4 heteroatoms. The molecule has 1 N–H and O–H groups in total. The van der Waals surface area contributed by atoms with E-state index in [1.165, 1.54) is 0 Å². The van der Waals surface area contributed by atoms with E-state index in [2.05, 4.69) is 17.4 Å². The standard InChI is InChI=1S/C22H23NO3/c1-13-9-14(2)20(15(3)10-13)16-11-18(24)21(19(25)12-16)22(26)23-17-7-5-4-6-8-17/h4-10,16,21H,11-12H2,1-3H3,(H,23,26). The van der Waals surface area contributed by atoms with Crippen LogP contribution in [0.2, 0.25) is 0 Å². The summed E-state index contributed by atoms with van der Waals surface area (Å²) < 4.78 is 0. The van der Waals surface area contributed by atoms with Gasteiger partial charge in [0.25, 0.3) is 0 Å². The van der Waals surface area contributed by atoms with E-state index >= 15 is 0 Å². The van der Waals surface area contributed by atoms with Crippen molar-refractivity contribution in [2.75, 3.05) is 5.32 Å². The van der Waals surface area contributed by atoms with Crippen LogP contribution in [0.15, 0.2) is 42.5 Å². The maximum Gasteiger partial charge on any atom is 0.242 e. The van der Waals surface area contributed by atoms with Crippen molar-refractivity contribution < 1.29 is 14.4 Å². The number of aryl methyl sites for hydroxylation is 3. The van der Waals surface area contributed by atoms with Crippen LogP contribution in [0, 0.1) is 26.7 Å². The Kier molecular flexibility index (Phi) is 5.03. The SMILES string of the molecule is Cc1cc(C)c(C2CC(=O)C(C(=O)Nc3ccccc3)C(=O)C2)c(C)c1. The van der Waals surface area contributed by atoms with Gasteiger partial charge in [0.2, 0.25) is 5.91 Å². The van der Waals surface area contributed by atoms with Crippen LogP contribution >= 0.6 is 0 Å². The Labute approximate surface area is 153 Å². The molecule has 1 amide bonds. The second kappa shape index (κ2) is 7.24. The molecule has 0 atom stereocenters. The van der Waals surface area contributed by atoms with Crippen molar-refractivity contribution >= 4 is 23.2 Å². The lowest BCUT2D eigenvalue weighted by molar-refractivity contribution is -0.141. The van der Waals surface area contributed by atoms with E-state index in [1.54, 1.807) is 24.3 Å². The maximum atomic E-state index is 12.6. The molecule has 2 aromatic carbocycles. The van der Waals surface area contributed by atoms with Gasteiger partial charge in [-0.1, -0.05) is 35.9 Å². The fourth-order valence-electron chi connectivity index (χ4n) is 4.04. The number of hydrogen-bond acceptors (Lipinski definition) is 3. The minimum atomic E-state index is -1.20. The van der Waals surface area contributed by atoms with Gasteiger partial charge in [0.15, 0.2) is 17.5 Å². The lowest BCUT2D eigenvalue weighted by Gasteiger charge is -2.28. The summed E-state index contributed by atoms with van der Waals surface area (Å²) in [6.07, 6.45) is 0.451. The van der Waals surface area contributed by atoms with Gasteiger partial charge >= 0.3 is 0 Å². The molecule has 0 bridgehead atoms. The number of Topliss-reactive ketones (excluding diaryl/α,β-unsaturated/α-hetero) is 2. The van der Waals surface area contributed by atoms with E-state index in [0.29, 0.717) is 5.69 Å². The third-order valence-electron chi connectivity index (χ3n) is 4.99. The van der Waals surface area contributed by atoms with E-state index in [9.17, 15) is 14.4 Å². The molecule has 3 rings (SSSR count). The molecule has 0 heterocycles. The van der Waals surface area contributed by atoms with Gasteiger partial charge in [-0.25, -0.2) is 0 Å². The summed E-state index contributed by atoms with van der Waals surface area (Å²) in [6, 6.07) is 13.0. The van der Waals surface area contributed by atoms with E-state index < -0.39 is 11.8 Å². The highest BCUT2D eigenvalue weighted by Crippen LogP contribution is 2.36. The first-order chi connectivity index (χ1) is 12.4. The summed E-state index contributed by atoms with van der Waals surface area (Å²) in [4.78, 5) is 37.7. The first kappa shape index (κ1) is 18.1. The highest BCUT2D eigenvalue weighted by molar-refractivity contribution is 6.23. The Balaban J connectivity index is 1.79. The quantitative estimate of drug-likeness (QED) is 0.855. The third kappa shape index (κ3) is 3.59. The minimum Gasteiger partial charge on any atom is -0.325 e. The number of ketones is 2. The molecule has 0 aromatic heterocycles. The molecule has 1 aliphatic carbocycles. The second-order valence-corrected chi connectivity index (χ2v) is 7.14. The normalized spacial score (nSPS) is 20.1. The molecule has 2 aromatic rings. The number of benzene rings is 2. The number of rotatable bonds is 3. The molecule has 26 heavy (non-hydrogen) atoms. The molecule has 1 aliphatic rings. The lowest BCUT2D eigenvalue weighted by Crippen LogP contribution is -2.41. The molecule has 4 nitrogen and oxygen atoms in total. The number of nitrogens with one attached hydrogen (secondary N) is 1. The molecule has 1 fully saturated rings. The predicted octanol–water partition coefficient (Wildman–Crippen LogP) is 3.88. The predicted molar refractivity (Wildman–Crippen MR) is 101 cm³/mol. The number of carbonyl (C=O) groups excluding carboxylic acids is 3. The van der Waals surface area contributed by atoms with E-state index in [4.69, 9.17) is 0 Å². The molecular weight excluding hydrogens is 326 g/mol. The zero-order chi connectivity index (χ0) is 18.8. The molecule has 1 saturated carbocycles. The lowest BCUT2D eigenvalue weighted by atomic mass is 9.74. The van der Waals surface area contributed by atoms with Crippen LogP contribution < -0.4 is 5.32 Å². The zero-order valence-electron chi connectivity index (χ0n) is 15.3. The van der Waals surface area contributed by atoms with Crippen LogP contribution in [-0.2, 0) is 14.4 Å². The largest absolute Gasteiger partial charge is 0.325 e. The van der Waals surface area contributed by atoms with Gasteiger partial charge < -0.3 is 5.32 Å². The number of para-hydroxylation sites is 1. The number of carbonyl (C=O) groups is 3. The van der Waals surface area contributed by atoms with Crippen molar-refractivity contribution in [2.24, 2.45) is 5.92 Å². The summed E-state index contributed by atoms with van der Waals surface area (Å²) in [5.74, 6) is -2.45. The van der Waals surface area contributed by atoms with Crippen molar-refractivity contribution in [2.45, 2.75) is 39.5 Å². The Morgan fingerprint density at radius 2 is 1.46 bits per heavy atom. The minimum absolute atomic E-state index is 0.142. The van der Waals surface area contributed by atoms with Gasteiger partial charge in [-0.15, -0.1) is 0 Å². The van der Waals surface area contributed by atoms with Gasteiger partial charge in [-0.2, -0.15) is 0 Å². The topological polar surface area (TPSA) is 63.2 Å². The maximum absolute atomic E-state index is 12.6. The summed E-state index contributed by atoms with van der Waals surface area (Å²) in [6.45, 7) is 6.06. The molecule has 0 saturated heterocycles. The summed E-state index contributed by atoms with van der Waals surface area (Å²) in [5.41, 5.74) is 5.02. The molecule has 0 aliphatic heterocycles. The van der Waals surface area contributed by atoms with Crippen LogP contribution in [0.3, 0.4) is 0 Å². The molecule has 0 unspecified atom stereocenters. The van der Waals surface area contributed by atoms with E-state index in [1.807, 2.05) is 26.8 Å². The highest BCUT2D eigenvalue weighted by atomic mass is 16.2. The summed E-state index contributed by atoms with van der Waals surface area (Å²) in [7, 11) is 0. The van der Waals surface area contributed by atoms with Crippen LogP contribution in [0.1, 0.15) is 41.0 Å². The van der Waals surface area contributed by atoms with Gasteiger partial charge in [0.05, 0.1) is 0 Å². The van der Waals surface area contributed by atoms with Crippen molar-refractivity contribution in [1.29, 1.82) is 0 Å². The van der Waals surface area contributed by atoms with Gasteiger partial charge in [-0.3, -0.25) is 14.4 Å². The van der Waals surface area contributed by atoms with Crippen LogP contribution in [0.25, 0.3) is 0 Å². The number of hydrogen-bond donors (Lipinski definition) is 1. The molecule has 134 valence electrons. The van der Waals surface area contributed by atoms with Gasteiger partial charge in [0, 0.05) is 18.5 Å². The van der Waals surface area contributed by atoms with E-state index in [0.717, 1.165) is 22.3 Å². The third-order valence-corrected chi connectivity index (χ3v) is 4.99. The van der Waals surface area contributed by atoms with Crippen molar-refractivity contribution in [3.05, 3.63) is 64.7 Å². The monoisotopic (exact) mass is 349 g/mol. The second-order valence-electron chi connectivity index (χ2n) is 7.14. The van der Waals surface area contributed by atoms with Gasteiger partial charge in [-0.05, 0) is 55.5 Å². The van der Waals surface area contributed by atoms with Crippen molar-refractivity contribution in [3.63, 3.8) is 0 Å². The van der Waals surface area contributed by atoms with Crippen LogP contribution in [0.5, 0.6) is 0 Å². The molecular formula is C22H23NO3. The average molecular weight is 349 g/mol. The zero-order valence-corrected chi connectivity index (χ0v) is 15.3. The average Bonchev–Trinajstić information content (AvgIpc) is 2.54. The first-order valence-corrected chi connectivity index (χ1v) is 8.86. The molecule has 0 radical (unpaired) electrons. The summed E-state index contributed by atoms with van der Waals surface area (Å²) >= 11 is 0. The molecule has 0 spiro atoms. The number of anilines is 1. The Hall–Kier alpha value is -2.75. The van der Waals surface area contributed by atoms with Crippen LogP contribution in [0.4, 0.5) is 5.69 Å². The highest BCUT2D eigenvalue weighted by Gasteiger charge is 2.41. The first-order valence-electron chi connectivity index (χ1n) is 8.86. The van der Waals surface area contributed by atoms with Crippen LogP contribution in [-0.4, -0.2) is 17.5 Å². The van der Waals surface area contributed by atoms with Crippen molar-refractivity contribution in [3.8, 4) is 0 Å². The fraction of sp³-hybridized carbons (Fsp3) is 0.318. The fourth-order valence-corrected chi connectivity index (χ4v) is 4.04. The van der Waals surface area contributed by atoms with E-state index in [-0.39, 0.29) is 30.3 Å². The smallest absolute Gasteiger partial charge is 0.242 e. The Bertz CT molecular complexity index is 829. The summed E-state index contributed by atoms with van der Waals surface area (Å²) in [5, 5.41) is 2.68. The number of amides is 1. The Morgan fingerprint density at radius 1 is 0.923 bits per heavy atom. The van der Waals surface area contributed by atoms with Gasteiger partial charge in [0.1, 0.15) is 0 Å². The van der Waals surface area contributed by atoms with Crippen molar-refractivity contribution in [1.82, 2.24) is 0 Å².